The van der Waals surface area contributed by atoms with E-state index in [2.05, 4.69) is 10.5 Å². The van der Waals surface area contributed by atoms with Crippen molar-refractivity contribution in [3.63, 3.8) is 0 Å². The Balaban J connectivity index is 2.00. The molecule has 0 radical (unpaired) electrons. The number of anilines is 1. The molecule has 0 saturated heterocycles. The second-order valence-electron chi connectivity index (χ2n) is 7.24. The highest BCUT2D eigenvalue weighted by Crippen LogP contribution is 2.37. The summed E-state index contributed by atoms with van der Waals surface area (Å²) in [7, 11) is -4.50. The first kappa shape index (κ1) is 26.0. The van der Waals surface area contributed by atoms with Crippen LogP contribution in [0.25, 0.3) is 0 Å². The van der Waals surface area contributed by atoms with Gasteiger partial charge in [-0.2, -0.15) is 18.3 Å². The van der Waals surface area contributed by atoms with Crippen LogP contribution in [0.4, 0.5) is 18.9 Å². The van der Waals surface area contributed by atoms with Crippen molar-refractivity contribution in [2.75, 3.05) is 10.8 Å². The summed E-state index contributed by atoms with van der Waals surface area (Å²) in [4.78, 5) is 12.4. The molecule has 3 rings (SSSR count). The van der Waals surface area contributed by atoms with E-state index in [1.807, 2.05) is 0 Å². The maximum Gasteiger partial charge on any atom is 0.416 e. The van der Waals surface area contributed by atoms with Crippen LogP contribution in [0.15, 0.2) is 82.8 Å². The topological polar surface area (TPSA) is 99.1 Å². The van der Waals surface area contributed by atoms with Crippen molar-refractivity contribution in [3.8, 4) is 5.75 Å². The fourth-order valence-electron chi connectivity index (χ4n) is 3.05. The first-order chi connectivity index (χ1) is 16.4. The molecule has 0 unspecified atom stereocenters. The molecule has 0 aromatic heterocycles. The van der Waals surface area contributed by atoms with Gasteiger partial charge < -0.3 is 5.11 Å². The number of rotatable bonds is 7. The van der Waals surface area contributed by atoms with E-state index in [9.17, 15) is 31.5 Å². The summed E-state index contributed by atoms with van der Waals surface area (Å²) in [5, 5.41) is 13.5. The summed E-state index contributed by atoms with van der Waals surface area (Å²) in [5.41, 5.74) is 1.03. The van der Waals surface area contributed by atoms with E-state index in [1.54, 1.807) is 24.3 Å². The van der Waals surface area contributed by atoms with Crippen LogP contribution in [0.3, 0.4) is 0 Å². The molecule has 1 amide bonds. The van der Waals surface area contributed by atoms with Gasteiger partial charge in [-0.25, -0.2) is 13.8 Å². The fourth-order valence-corrected chi connectivity index (χ4v) is 4.77. The monoisotopic (exact) mass is 525 g/mol. The van der Waals surface area contributed by atoms with E-state index in [4.69, 9.17) is 11.6 Å². The quantitative estimate of drug-likeness (QED) is 0.342. The number of carbonyl (C=O) groups is 1. The molecule has 0 heterocycles. The standard InChI is InChI=1S/C23H19ClF3N3O4S/c1-15(18-9-5-6-10-21(18)31)28-29-22(32)14-30(35(33,34)17-7-3-2-4-8-17)20-13-16(23(25,26)27)11-12-19(20)24/h2-13,31H,14H2,1H3,(H,29,32). The molecule has 12 heteroatoms. The Bertz CT molecular complexity index is 1360. The molecule has 35 heavy (non-hydrogen) atoms. The Kier molecular flexibility index (Phi) is 7.71. The normalized spacial score (nSPS) is 12.3. The highest BCUT2D eigenvalue weighted by molar-refractivity contribution is 7.92. The average molecular weight is 526 g/mol. The minimum Gasteiger partial charge on any atom is -0.507 e. The molecule has 184 valence electrons. The number of hydrogen-bond donors (Lipinski definition) is 2. The first-order valence-electron chi connectivity index (χ1n) is 9.97. The number of hydrogen-bond acceptors (Lipinski definition) is 5. The number of sulfonamides is 1. The number of nitrogens with one attached hydrogen (secondary N) is 1. The fraction of sp³-hybridized carbons (Fsp3) is 0.130. The highest BCUT2D eigenvalue weighted by Gasteiger charge is 2.34. The lowest BCUT2D eigenvalue weighted by Crippen LogP contribution is -2.40. The smallest absolute Gasteiger partial charge is 0.416 e. The van der Waals surface area contributed by atoms with E-state index in [1.165, 1.54) is 37.3 Å². The molecule has 0 fully saturated rings. The number of alkyl halides is 3. The van der Waals surface area contributed by atoms with Crippen molar-refractivity contribution in [3.05, 3.63) is 88.9 Å². The predicted octanol–water partition coefficient (Wildman–Crippen LogP) is 4.80. The Morgan fingerprint density at radius 3 is 2.31 bits per heavy atom. The second kappa shape index (κ2) is 10.4. The van der Waals surface area contributed by atoms with E-state index < -0.39 is 39.9 Å². The molecule has 3 aromatic rings. The zero-order valence-electron chi connectivity index (χ0n) is 18.1. The lowest BCUT2D eigenvalue weighted by Gasteiger charge is -2.25. The zero-order valence-corrected chi connectivity index (χ0v) is 19.7. The van der Waals surface area contributed by atoms with Gasteiger partial charge in [-0.1, -0.05) is 41.9 Å². The molecule has 0 atom stereocenters. The summed E-state index contributed by atoms with van der Waals surface area (Å²) in [6.45, 7) is 0.577. The number of phenols is 1. The van der Waals surface area contributed by atoms with Gasteiger partial charge in [-0.3, -0.25) is 9.10 Å². The van der Waals surface area contributed by atoms with Gasteiger partial charge in [0, 0.05) is 5.56 Å². The van der Waals surface area contributed by atoms with E-state index in [0.717, 1.165) is 6.07 Å². The van der Waals surface area contributed by atoms with Crippen molar-refractivity contribution in [2.24, 2.45) is 5.10 Å². The van der Waals surface area contributed by atoms with Crippen LogP contribution < -0.4 is 9.73 Å². The third kappa shape index (κ3) is 6.11. The summed E-state index contributed by atoms with van der Waals surface area (Å²) in [5.74, 6) is -1.04. The number of hydrazone groups is 1. The van der Waals surface area contributed by atoms with Crippen molar-refractivity contribution in [2.45, 2.75) is 18.0 Å². The Morgan fingerprint density at radius 1 is 1.06 bits per heavy atom. The number of phenolic OH excluding ortho intramolecular Hbond substituents is 1. The summed E-state index contributed by atoms with van der Waals surface area (Å²) < 4.78 is 67.1. The van der Waals surface area contributed by atoms with Crippen molar-refractivity contribution in [1.82, 2.24) is 5.43 Å². The molecule has 0 aliphatic heterocycles. The Morgan fingerprint density at radius 2 is 1.69 bits per heavy atom. The molecule has 7 nitrogen and oxygen atoms in total. The summed E-state index contributed by atoms with van der Waals surface area (Å²) >= 11 is 6.08. The van der Waals surface area contributed by atoms with Crippen LogP contribution in [0.5, 0.6) is 5.75 Å². The first-order valence-corrected chi connectivity index (χ1v) is 11.8. The van der Waals surface area contributed by atoms with Gasteiger partial charge in [0.15, 0.2) is 0 Å². The van der Waals surface area contributed by atoms with E-state index >= 15 is 0 Å². The van der Waals surface area contributed by atoms with Gasteiger partial charge >= 0.3 is 6.18 Å². The molecular formula is C23H19ClF3N3O4S. The Labute approximate surface area is 204 Å². The number of carbonyl (C=O) groups excluding carboxylic acids is 1. The summed E-state index contributed by atoms with van der Waals surface area (Å²) in [6.07, 6.45) is -4.77. The molecule has 0 aliphatic rings. The zero-order chi connectivity index (χ0) is 25.8. The van der Waals surface area contributed by atoms with Gasteiger partial charge in [-0.05, 0) is 49.4 Å². The third-order valence-electron chi connectivity index (χ3n) is 4.80. The largest absolute Gasteiger partial charge is 0.507 e. The lowest BCUT2D eigenvalue weighted by molar-refractivity contribution is -0.137. The number of nitrogens with zero attached hydrogens (tertiary/aromatic N) is 2. The lowest BCUT2D eigenvalue weighted by atomic mass is 10.1. The number of benzene rings is 3. The molecule has 0 spiro atoms. The second-order valence-corrected chi connectivity index (χ2v) is 9.51. The van der Waals surface area contributed by atoms with E-state index in [-0.39, 0.29) is 21.4 Å². The SMILES string of the molecule is CC(=NNC(=O)CN(c1cc(C(F)(F)F)ccc1Cl)S(=O)(=O)c1ccccc1)c1ccccc1O. The maximum atomic E-state index is 13.3. The van der Waals surface area contributed by atoms with Gasteiger partial charge in [0.1, 0.15) is 12.3 Å². The minimum atomic E-state index is -4.77. The summed E-state index contributed by atoms with van der Waals surface area (Å²) in [6, 6.07) is 15.3. The van der Waals surface area contributed by atoms with Gasteiger partial charge in [0.25, 0.3) is 15.9 Å². The van der Waals surface area contributed by atoms with Crippen molar-refractivity contribution >= 4 is 38.9 Å². The van der Waals surface area contributed by atoms with Crippen LogP contribution >= 0.6 is 11.6 Å². The molecule has 2 N–H and O–H groups in total. The van der Waals surface area contributed by atoms with Gasteiger partial charge in [0.2, 0.25) is 0 Å². The minimum absolute atomic E-state index is 0.0907. The molecular weight excluding hydrogens is 507 g/mol. The highest BCUT2D eigenvalue weighted by atomic mass is 35.5. The number of para-hydroxylation sites is 1. The van der Waals surface area contributed by atoms with Crippen LogP contribution in [-0.2, 0) is 21.0 Å². The third-order valence-corrected chi connectivity index (χ3v) is 6.90. The molecule has 0 saturated carbocycles. The van der Waals surface area contributed by atoms with E-state index in [0.29, 0.717) is 22.0 Å². The Hall–Kier alpha value is -3.57. The van der Waals surface area contributed by atoms with Crippen molar-refractivity contribution in [1.29, 1.82) is 0 Å². The number of aromatic hydroxyl groups is 1. The maximum absolute atomic E-state index is 13.3. The van der Waals surface area contributed by atoms with Crippen LogP contribution in [0.2, 0.25) is 5.02 Å². The van der Waals surface area contributed by atoms with Crippen LogP contribution in [0, 0.1) is 0 Å². The van der Waals surface area contributed by atoms with Crippen LogP contribution in [0.1, 0.15) is 18.1 Å². The average Bonchev–Trinajstić information content (AvgIpc) is 2.81. The molecule has 0 aliphatic carbocycles. The molecule has 3 aromatic carbocycles. The molecule has 0 bridgehead atoms. The van der Waals surface area contributed by atoms with Gasteiger partial charge in [0.05, 0.1) is 26.9 Å². The predicted molar refractivity (Wildman–Crippen MR) is 126 cm³/mol. The number of amides is 1. The van der Waals surface area contributed by atoms with Crippen molar-refractivity contribution < 1.29 is 31.5 Å². The van der Waals surface area contributed by atoms with Gasteiger partial charge in [-0.15, -0.1) is 0 Å². The van der Waals surface area contributed by atoms with Crippen LogP contribution in [-0.4, -0.2) is 31.7 Å². The number of halogens is 4.